The number of hydrogen-bond donors (Lipinski definition) is 1. The Balaban J connectivity index is 3.28. The molecule has 6 heteroatoms. The number of sulfone groups is 1. The molecule has 1 rings (SSSR count). The first-order valence-electron chi connectivity index (χ1n) is 5.50. The number of hydrogen-bond acceptors (Lipinski definition) is 4. The Hall–Kier alpha value is -0.780. The summed E-state index contributed by atoms with van der Waals surface area (Å²) >= 11 is 5.96. The van der Waals surface area contributed by atoms with Crippen LogP contribution in [0.4, 0.5) is 0 Å². The summed E-state index contributed by atoms with van der Waals surface area (Å²) in [5, 5.41) is 2.98. The van der Waals surface area contributed by atoms with Gasteiger partial charge in [-0.3, -0.25) is 0 Å². The van der Waals surface area contributed by atoms with Crippen molar-refractivity contribution in [3.8, 4) is 5.75 Å². The molecule has 0 aromatic heterocycles. The molecule has 0 saturated carbocycles. The van der Waals surface area contributed by atoms with Crippen LogP contribution in [0.25, 0.3) is 0 Å². The maximum atomic E-state index is 11.7. The van der Waals surface area contributed by atoms with Crippen LogP contribution in [0, 0.1) is 0 Å². The Kier molecular flexibility index (Phi) is 5.01. The number of rotatable bonds is 5. The van der Waals surface area contributed by atoms with E-state index in [-0.39, 0.29) is 6.04 Å². The molecule has 2 unspecified atom stereocenters. The summed E-state index contributed by atoms with van der Waals surface area (Å²) in [5.41, 5.74) is 0.741. The molecule has 0 fully saturated rings. The predicted octanol–water partition coefficient (Wildman–Crippen LogP) is 2.04. The minimum Gasteiger partial charge on any atom is -0.496 e. The summed E-state index contributed by atoms with van der Waals surface area (Å²) in [6, 6.07) is 4.80. The van der Waals surface area contributed by atoms with Crippen molar-refractivity contribution in [2.75, 3.05) is 20.4 Å². The Morgan fingerprint density at radius 2 is 2.00 bits per heavy atom. The van der Waals surface area contributed by atoms with Gasteiger partial charge in [-0.1, -0.05) is 11.6 Å². The maximum Gasteiger partial charge on any atom is 0.151 e. The van der Waals surface area contributed by atoms with E-state index in [1.54, 1.807) is 39.3 Å². The molecule has 0 saturated heterocycles. The van der Waals surface area contributed by atoms with Gasteiger partial charge in [0.15, 0.2) is 9.84 Å². The Labute approximate surface area is 113 Å². The number of halogens is 1. The molecule has 0 aliphatic heterocycles. The lowest BCUT2D eigenvalue weighted by Crippen LogP contribution is -2.33. The lowest BCUT2D eigenvalue weighted by Gasteiger charge is -2.24. The van der Waals surface area contributed by atoms with Crippen molar-refractivity contribution in [1.29, 1.82) is 0 Å². The highest BCUT2D eigenvalue weighted by atomic mass is 35.5. The summed E-state index contributed by atoms with van der Waals surface area (Å²) in [7, 11) is 0.0999. The highest BCUT2D eigenvalue weighted by Crippen LogP contribution is 2.31. The largest absolute Gasteiger partial charge is 0.496 e. The fraction of sp³-hybridized carbons (Fsp3) is 0.500. The van der Waals surface area contributed by atoms with Crippen LogP contribution in [-0.4, -0.2) is 34.1 Å². The fourth-order valence-electron chi connectivity index (χ4n) is 1.84. The third-order valence-corrected chi connectivity index (χ3v) is 4.84. The van der Waals surface area contributed by atoms with E-state index < -0.39 is 15.1 Å². The van der Waals surface area contributed by atoms with Crippen molar-refractivity contribution < 1.29 is 13.2 Å². The van der Waals surface area contributed by atoms with Gasteiger partial charge in [-0.15, -0.1) is 0 Å². The first-order valence-corrected chi connectivity index (χ1v) is 7.84. The van der Waals surface area contributed by atoms with Gasteiger partial charge in [0.1, 0.15) is 5.75 Å². The fourth-order valence-corrected chi connectivity index (χ4v) is 2.80. The Morgan fingerprint density at radius 3 is 2.44 bits per heavy atom. The first-order chi connectivity index (χ1) is 8.31. The average molecular weight is 292 g/mol. The Morgan fingerprint density at radius 1 is 1.39 bits per heavy atom. The van der Waals surface area contributed by atoms with E-state index in [0.717, 1.165) is 5.56 Å². The minimum absolute atomic E-state index is 0.367. The van der Waals surface area contributed by atoms with Crippen LogP contribution in [0.2, 0.25) is 5.02 Å². The third kappa shape index (κ3) is 3.37. The lowest BCUT2D eigenvalue weighted by atomic mass is 10.0. The summed E-state index contributed by atoms with van der Waals surface area (Å²) in [6.45, 7) is 1.66. The highest BCUT2D eigenvalue weighted by Gasteiger charge is 2.28. The molecule has 0 heterocycles. The summed E-state index contributed by atoms with van der Waals surface area (Å²) < 4.78 is 28.6. The molecular formula is C12H18ClNO3S. The van der Waals surface area contributed by atoms with Gasteiger partial charge in [-0.2, -0.15) is 0 Å². The van der Waals surface area contributed by atoms with Crippen molar-refractivity contribution in [2.24, 2.45) is 0 Å². The van der Waals surface area contributed by atoms with Gasteiger partial charge in [-0.25, -0.2) is 8.42 Å². The molecule has 1 aromatic carbocycles. The van der Waals surface area contributed by atoms with E-state index in [2.05, 4.69) is 5.32 Å². The van der Waals surface area contributed by atoms with Gasteiger partial charge in [0.2, 0.25) is 0 Å². The maximum absolute atomic E-state index is 11.7. The number of methoxy groups -OCH3 is 1. The van der Waals surface area contributed by atoms with Crippen LogP contribution in [0.15, 0.2) is 18.2 Å². The van der Waals surface area contributed by atoms with Gasteiger partial charge in [0.25, 0.3) is 0 Å². The van der Waals surface area contributed by atoms with E-state index in [9.17, 15) is 8.42 Å². The molecule has 4 nitrogen and oxygen atoms in total. The first kappa shape index (κ1) is 15.3. The molecule has 0 amide bonds. The average Bonchev–Trinajstić information content (AvgIpc) is 2.29. The quantitative estimate of drug-likeness (QED) is 0.902. The zero-order valence-electron chi connectivity index (χ0n) is 10.9. The molecule has 0 aliphatic carbocycles. The van der Waals surface area contributed by atoms with E-state index in [4.69, 9.17) is 16.3 Å². The van der Waals surface area contributed by atoms with Gasteiger partial charge in [-0.05, 0) is 32.2 Å². The van der Waals surface area contributed by atoms with E-state index in [0.29, 0.717) is 10.8 Å². The molecule has 0 spiro atoms. The van der Waals surface area contributed by atoms with Crippen molar-refractivity contribution in [3.63, 3.8) is 0 Å². The zero-order chi connectivity index (χ0) is 13.9. The van der Waals surface area contributed by atoms with Gasteiger partial charge in [0, 0.05) is 16.8 Å². The summed E-state index contributed by atoms with van der Waals surface area (Å²) in [4.78, 5) is 0. The molecule has 0 bridgehead atoms. The van der Waals surface area contributed by atoms with Crippen LogP contribution in [0.1, 0.15) is 18.5 Å². The van der Waals surface area contributed by atoms with Crippen LogP contribution >= 0.6 is 11.6 Å². The molecule has 1 aromatic rings. The molecule has 0 aliphatic rings. The second-order valence-corrected chi connectivity index (χ2v) is 7.03. The van der Waals surface area contributed by atoms with Crippen LogP contribution in [-0.2, 0) is 9.84 Å². The third-order valence-electron chi connectivity index (χ3n) is 2.98. The molecule has 18 heavy (non-hydrogen) atoms. The molecule has 0 radical (unpaired) electrons. The zero-order valence-corrected chi connectivity index (χ0v) is 12.5. The van der Waals surface area contributed by atoms with E-state index in [1.165, 1.54) is 6.26 Å². The number of benzene rings is 1. The second-order valence-electron chi connectivity index (χ2n) is 4.19. The molecular weight excluding hydrogens is 274 g/mol. The SMILES string of the molecule is CNC(c1cc(Cl)ccc1OC)C(C)S(C)(=O)=O. The Bertz CT molecular complexity index is 516. The molecule has 2 atom stereocenters. The minimum atomic E-state index is -3.16. The monoisotopic (exact) mass is 291 g/mol. The van der Waals surface area contributed by atoms with Crippen LogP contribution in [0.3, 0.4) is 0 Å². The van der Waals surface area contributed by atoms with Gasteiger partial charge >= 0.3 is 0 Å². The number of nitrogens with one attached hydrogen (secondary N) is 1. The van der Waals surface area contributed by atoms with Crippen LogP contribution in [0.5, 0.6) is 5.75 Å². The van der Waals surface area contributed by atoms with E-state index in [1.807, 2.05) is 0 Å². The highest BCUT2D eigenvalue weighted by molar-refractivity contribution is 7.91. The van der Waals surface area contributed by atoms with Crippen molar-refractivity contribution in [3.05, 3.63) is 28.8 Å². The van der Waals surface area contributed by atoms with Gasteiger partial charge in [0.05, 0.1) is 18.4 Å². The topological polar surface area (TPSA) is 55.4 Å². The van der Waals surface area contributed by atoms with Gasteiger partial charge < -0.3 is 10.1 Å². The number of ether oxygens (including phenoxy) is 1. The molecule has 102 valence electrons. The summed E-state index contributed by atoms with van der Waals surface area (Å²) in [5.74, 6) is 0.620. The lowest BCUT2D eigenvalue weighted by molar-refractivity contribution is 0.400. The second kappa shape index (κ2) is 5.91. The summed E-state index contributed by atoms with van der Waals surface area (Å²) in [6.07, 6.45) is 1.22. The normalized spacial score (nSPS) is 15.2. The van der Waals surface area contributed by atoms with E-state index >= 15 is 0 Å². The van der Waals surface area contributed by atoms with Crippen molar-refractivity contribution in [1.82, 2.24) is 5.32 Å². The smallest absolute Gasteiger partial charge is 0.151 e. The van der Waals surface area contributed by atoms with Crippen molar-refractivity contribution >= 4 is 21.4 Å². The predicted molar refractivity (Wildman–Crippen MR) is 74.1 cm³/mol. The standard InChI is InChI=1S/C12H18ClNO3S/c1-8(18(4,15)16)12(14-2)10-7-9(13)5-6-11(10)17-3/h5-8,12,14H,1-4H3. The molecule has 1 N–H and O–H groups in total. The van der Waals surface area contributed by atoms with Crippen molar-refractivity contribution in [2.45, 2.75) is 18.2 Å². The van der Waals surface area contributed by atoms with Crippen LogP contribution < -0.4 is 10.1 Å².